The van der Waals surface area contributed by atoms with Crippen LogP contribution in [0.5, 0.6) is 5.88 Å². The van der Waals surface area contributed by atoms with Gasteiger partial charge < -0.3 is 9.64 Å². The Kier molecular flexibility index (Phi) is 4.04. The van der Waals surface area contributed by atoms with E-state index < -0.39 is 5.82 Å². The maximum atomic E-state index is 14.9. The molecule has 0 N–H and O–H groups in total. The topological polar surface area (TPSA) is 81.1 Å². The summed E-state index contributed by atoms with van der Waals surface area (Å²) in [6.07, 6.45) is 6.64. The molecule has 1 spiro atoms. The lowest BCUT2D eigenvalue weighted by molar-refractivity contribution is -0.0343. The van der Waals surface area contributed by atoms with Gasteiger partial charge in [-0.05, 0) is 55.2 Å². The molecule has 0 bridgehead atoms. The summed E-state index contributed by atoms with van der Waals surface area (Å²) in [6.45, 7) is 0.654. The van der Waals surface area contributed by atoms with E-state index >= 15 is 0 Å². The number of aromatic nitrogens is 4. The smallest absolute Gasteiger partial charge is 0.255 e. The number of halogens is 1. The van der Waals surface area contributed by atoms with Crippen molar-refractivity contribution < 1.29 is 13.9 Å². The molecule has 4 aromatic rings. The molecule has 2 saturated carbocycles. The van der Waals surface area contributed by atoms with E-state index in [1.165, 1.54) is 6.07 Å². The number of amides is 1. The van der Waals surface area contributed by atoms with Crippen LogP contribution in [0.1, 0.15) is 23.2 Å². The van der Waals surface area contributed by atoms with Gasteiger partial charge in [0.2, 0.25) is 5.88 Å². The van der Waals surface area contributed by atoms with Crippen LogP contribution < -0.4 is 4.74 Å². The number of rotatable bonds is 4. The van der Waals surface area contributed by atoms with Gasteiger partial charge in [-0.25, -0.2) is 19.3 Å². The third-order valence-corrected chi connectivity index (χ3v) is 7.56. The van der Waals surface area contributed by atoms with Crippen molar-refractivity contribution in [3.63, 3.8) is 0 Å². The molecule has 168 valence electrons. The summed E-state index contributed by atoms with van der Waals surface area (Å²) >= 11 is 0. The number of fused-ring (bicyclic) bond motifs is 1. The number of nitrogens with zero attached hydrogens (tertiary/aromatic N) is 5. The molecule has 2 aliphatic carbocycles. The van der Waals surface area contributed by atoms with E-state index in [1.54, 1.807) is 36.8 Å². The second-order valence-corrected chi connectivity index (χ2v) is 9.33. The fourth-order valence-electron chi connectivity index (χ4n) is 5.92. The molecule has 7 rings (SSSR count). The van der Waals surface area contributed by atoms with Crippen molar-refractivity contribution in [2.45, 2.75) is 25.0 Å². The lowest BCUT2D eigenvalue weighted by Gasteiger charge is -2.47. The molecule has 3 aliphatic rings. The van der Waals surface area contributed by atoms with Gasteiger partial charge in [-0.3, -0.25) is 4.79 Å². The normalized spacial score (nSPS) is 26.5. The summed E-state index contributed by atoms with van der Waals surface area (Å²) in [5.74, 6) is 0.465. The van der Waals surface area contributed by atoms with Crippen molar-refractivity contribution in [2.75, 3.05) is 6.54 Å². The molecule has 8 heteroatoms. The fraction of sp³-hybridized carbons (Fsp3) is 0.269. The number of hydrogen-bond donors (Lipinski definition) is 0. The quantitative estimate of drug-likeness (QED) is 0.466. The predicted octanol–water partition coefficient (Wildman–Crippen LogP) is 3.91. The van der Waals surface area contributed by atoms with Gasteiger partial charge in [0.1, 0.15) is 11.9 Å². The number of hydrogen-bond acceptors (Lipinski definition) is 6. The Labute approximate surface area is 194 Å². The Morgan fingerprint density at radius 3 is 2.74 bits per heavy atom. The van der Waals surface area contributed by atoms with Crippen LogP contribution in [0.25, 0.3) is 22.4 Å². The number of ether oxygens (including phenoxy) is 1. The zero-order valence-corrected chi connectivity index (χ0v) is 18.1. The van der Waals surface area contributed by atoms with E-state index in [9.17, 15) is 9.18 Å². The molecule has 34 heavy (non-hydrogen) atoms. The second kappa shape index (κ2) is 7.03. The SMILES string of the molecule is O=C(c1cccc(F)c1-c1ncccn1)N1CC2CC23CC(Oc2ccc4cccnc4n2)C13. The summed E-state index contributed by atoms with van der Waals surface area (Å²) in [7, 11) is 0. The van der Waals surface area contributed by atoms with Crippen molar-refractivity contribution in [1.29, 1.82) is 0 Å². The van der Waals surface area contributed by atoms with E-state index in [-0.39, 0.29) is 40.4 Å². The third kappa shape index (κ3) is 2.77. The Morgan fingerprint density at radius 2 is 1.85 bits per heavy atom. The molecule has 7 nitrogen and oxygen atoms in total. The fourth-order valence-corrected chi connectivity index (χ4v) is 5.92. The van der Waals surface area contributed by atoms with Gasteiger partial charge in [-0.2, -0.15) is 4.98 Å². The summed E-state index contributed by atoms with van der Waals surface area (Å²) in [5, 5.41) is 0.946. The largest absolute Gasteiger partial charge is 0.472 e. The molecule has 4 atom stereocenters. The van der Waals surface area contributed by atoms with Gasteiger partial charge in [0.15, 0.2) is 11.5 Å². The molecular weight excluding hydrogens is 433 g/mol. The molecule has 0 radical (unpaired) electrons. The van der Waals surface area contributed by atoms with Gasteiger partial charge in [-0.1, -0.05) is 6.07 Å². The predicted molar refractivity (Wildman–Crippen MR) is 121 cm³/mol. The maximum Gasteiger partial charge on any atom is 0.255 e. The molecule has 4 unspecified atom stereocenters. The van der Waals surface area contributed by atoms with Crippen molar-refractivity contribution in [3.05, 3.63) is 78.5 Å². The van der Waals surface area contributed by atoms with E-state index in [4.69, 9.17) is 4.74 Å². The van der Waals surface area contributed by atoms with Gasteiger partial charge in [0.05, 0.1) is 17.2 Å². The van der Waals surface area contributed by atoms with Gasteiger partial charge in [0, 0.05) is 42.0 Å². The minimum absolute atomic E-state index is 0.0564. The summed E-state index contributed by atoms with van der Waals surface area (Å²) in [4.78, 5) is 32.8. The molecule has 3 aromatic heterocycles. The zero-order valence-electron chi connectivity index (χ0n) is 18.1. The molecule has 3 fully saturated rings. The average molecular weight is 453 g/mol. The van der Waals surface area contributed by atoms with E-state index in [1.807, 2.05) is 29.2 Å². The first-order valence-electron chi connectivity index (χ1n) is 11.4. The standard InChI is InChI=1S/C26H20FN5O2/c27-18-6-1-5-17(21(18)24-29-10-3-11-30-24)25(33)32-14-16-12-26(16)13-19(22(26)32)34-20-8-7-15-4-2-9-28-23(15)31-20/h1-11,16,19,22H,12-14H2. The lowest BCUT2D eigenvalue weighted by Crippen LogP contribution is -2.59. The highest BCUT2D eigenvalue weighted by molar-refractivity contribution is 6.01. The van der Waals surface area contributed by atoms with Crippen molar-refractivity contribution >= 4 is 16.9 Å². The van der Waals surface area contributed by atoms with Gasteiger partial charge >= 0.3 is 0 Å². The first-order valence-corrected chi connectivity index (χ1v) is 11.4. The van der Waals surface area contributed by atoms with Crippen LogP contribution in [0.3, 0.4) is 0 Å². The molecule has 1 saturated heterocycles. The van der Waals surface area contributed by atoms with Crippen LogP contribution in [0.15, 0.2) is 67.1 Å². The molecular formula is C26H20FN5O2. The lowest BCUT2D eigenvalue weighted by atomic mass is 9.73. The average Bonchev–Trinajstić information content (AvgIpc) is 3.52. The molecule has 4 heterocycles. The molecule has 1 amide bonds. The Bertz CT molecular complexity index is 1450. The van der Waals surface area contributed by atoms with Crippen LogP contribution in [0, 0.1) is 17.2 Å². The Hall–Kier alpha value is -3.94. The van der Waals surface area contributed by atoms with Crippen molar-refractivity contribution in [3.8, 4) is 17.3 Å². The summed E-state index contributed by atoms with van der Waals surface area (Å²) < 4.78 is 21.1. The van der Waals surface area contributed by atoms with Crippen molar-refractivity contribution in [1.82, 2.24) is 24.8 Å². The first kappa shape index (κ1) is 19.5. The van der Waals surface area contributed by atoms with Gasteiger partial charge in [-0.15, -0.1) is 0 Å². The highest BCUT2D eigenvalue weighted by atomic mass is 19.1. The van der Waals surface area contributed by atoms with E-state index in [2.05, 4.69) is 19.9 Å². The monoisotopic (exact) mass is 453 g/mol. The Morgan fingerprint density at radius 1 is 1.00 bits per heavy atom. The van der Waals surface area contributed by atoms with E-state index in [0.717, 1.165) is 18.2 Å². The Balaban J connectivity index is 1.20. The zero-order chi connectivity index (χ0) is 22.9. The number of carbonyl (C=O) groups excluding carboxylic acids is 1. The van der Waals surface area contributed by atoms with Crippen LogP contribution in [-0.4, -0.2) is 49.4 Å². The number of piperidine rings is 1. The summed E-state index contributed by atoms with van der Waals surface area (Å²) in [6, 6.07) is 13.8. The molecule has 1 aromatic carbocycles. The summed E-state index contributed by atoms with van der Waals surface area (Å²) in [5.41, 5.74) is 1.17. The molecule has 1 aliphatic heterocycles. The van der Waals surface area contributed by atoms with Crippen molar-refractivity contribution in [2.24, 2.45) is 11.3 Å². The highest BCUT2D eigenvalue weighted by Gasteiger charge is 2.76. The number of carbonyl (C=O) groups is 1. The van der Waals surface area contributed by atoms with E-state index in [0.29, 0.717) is 24.0 Å². The van der Waals surface area contributed by atoms with Crippen LogP contribution in [0.2, 0.25) is 0 Å². The van der Waals surface area contributed by atoms with Crippen LogP contribution in [-0.2, 0) is 0 Å². The van der Waals surface area contributed by atoms with Crippen LogP contribution in [0.4, 0.5) is 4.39 Å². The van der Waals surface area contributed by atoms with Gasteiger partial charge in [0.25, 0.3) is 5.91 Å². The second-order valence-electron chi connectivity index (χ2n) is 9.33. The number of likely N-dealkylation sites (tertiary alicyclic amines) is 1. The minimum atomic E-state index is -0.509. The highest BCUT2D eigenvalue weighted by Crippen LogP contribution is 2.71. The maximum absolute atomic E-state index is 14.9. The minimum Gasteiger partial charge on any atom is -0.472 e. The number of pyridine rings is 2. The number of benzene rings is 1. The third-order valence-electron chi connectivity index (χ3n) is 7.56. The van der Waals surface area contributed by atoms with Crippen LogP contribution >= 0.6 is 0 Å². The first-order chi connectivity index (χ1) is 16.6.